The second-order valence-electron chi connectivity index (χ2n) is 4.44. The monoisotopic (exact) mass is 268 g/mol. The van der Waals surface area contributed by atoms with Crippen molar-refractivity contribution in [3.05, 3.63) is 54.1 Å². The SMILES string of the molecule is Cc1ccc(NC(=O)c2cnn3ccncc23)c(O)c1. The largest absolute Gasteiger partial charge is 0.506 e. The molecule has 0 fully saturated rings. The third-order valence-electron chi connectivity index (χ3n) is 2.97. The summed E-state index contributed by atoms with van der Waals surface area (Å²) in [4.78, 5) is 16.2. The number of carbonyl (C=O) groups excluding carboxylic acids is 1. The molecule has 1 amide bonds. The summed E-state index contributed by atoms with van der Waals surface area (Å²) >= 11 is 0. The number of aromatic hydroxyl groups is 1. The number of benzene rings is 1. The van der Waals surface area contributed by atoms with Crippen LogP contribution in [0.5, 0.6) is 5.75 Å². The molecule has 0 unspecified atom stereocenters. The second kappa shape index (κ2) is 4.65. The molecule has 3 rings (SSSR count). The zero-order valence-electron chi connectivity index (χ0n) is 10.7. The maximum atomic E-state index is 12.2. The quantitative estimate of drug-likeness (QED) is 0.697. The van der Waals surface area contributed by atoms with Gasteiger partial charge in [-0.05, 0) is 24.6 Å². The molecule has 0 aliphatic rings. The fourth-order valence-corrected chi connectivity index (χ4v) is 1.95. The van der Waals surface area contributed by atoms with Gasteiger partial charge in [-0.3, -0.25) is 9.78 Å². The highest BCUT2D eigenvalue weighted by Crippen LogP contribution is 2.24. The number of hydrogen-bond acceptors (Lipinski definition) is 4. The van der Waals surface area contributed by atoms with E-state index < -0.39 is 0 Å². The summed E-state index contributed by atoms with van der Waals surface area (Å²) < 4.78 is 1.57. The lowest BCUT2D eigenvalue weighted by Gasteiger charge is -2.07. The van der Waals surface area contributed by atoms with Crippen molar-refractivity contribution < 1.29 is 9.90 Å². The molecule has 0 aliphatic carbocycles. The van der Waals surface area contributed by atoms with E-state index in [1.54, 1.807) is 35.2 Å². The Labute approximate surface area is 114 Å². The topological polar surface area (TPSA) is 79.5 Å². The van der Waals surface area contributed by atoms with Gasteiger partial charge in [-0.15, -0.1) is 0 Å². The van der Waals surface area contributed by atoms with Crippen LogP contribution >= 0.6 is 0 Å². The molecule has 0 radical (unpaired) electrons. The van der Waals surface area contributed by atoms with Gasteiger partial charge in [0.1, 0.15) is 5.75 Å². The minimum atomic E-state index is -0.341. The molecule has 1 aromatic carbocycles. The zero-order valence-corrected chi connectivity index (χ0v) is 10.7. The summed E-state index contributed by atoms with van der Waals surface area (Å²) in [6.07, 6.45) is 6.29. The summed E-state index contributed by atoms with van der Waals surface area (Å²) in [6, 6.07) is 5.06. The number of anilines is 1. The number of aryl methyl sites for hydroxylation is 1. The van der Waals surface area contributed by atoms with Gasteiger partial charge in [-0.1, -0.05) is 6.07 Å². The van der Waals surface area contributed by atoms with Crippen LogP contribution in [0.1, 0.15) is 15.9 Å². The Morgan fingerprint density at radius 1 is 1.35 bits per heavy atom. The first-order chi connectivity index (χ1) is 9.65. The van der Waals surface area contributed by atoms with E-state index in [-0.39, 0.29) is 11.7 Å². The minimum Gasteiger partial charge on any atom is -0.506 e. The van der Waals surface area contributed by atoms with Gasteiger partial charge in [0.15, 0.2) is 0 Å². The van der Waals surface area contributed by atoms with E-state index in [2.05, 4.69) is 15.4 Å². The standard InChI is InChI=1S/C14H12N4O2/c1-9-2-3-11(13(19)6-9)17-14(20)10-7-16-18-5-4-15-8-12(10)18/h2-8,19H,1H3,(H,17,20). The molecular formula is C14H12N4O2. The Hall–Kier alpha value is -2.89. The van der Waals surface area contributed by atoms with Crippen LogP contribution in [-0.4, -0.2) is 25.6 Å². The first-order valence-electron chi connectivity index (χ1n) is 6.03. The van der Waals surface area contributed by atoms with E-state index in [4.69, 9.17) is 0 Å². The van der Waals surface area contributed by atoms with Gasteiger partial charge in [0.2, 0.25) is 0 Å². The average Bonchev–Trinajstić information content (AvgIpc) is 2.86. The molecule has 0 spiro atoms. The summed E-state index contributed by atoms with van der Waals surface area (Å²) in [5.74, 6) is -0.305. The number of aromatic nitrogens is 3. The van der Waals surface area contributed by atoms with Gasteiger partial charge in [-0.2, -0.15) is 5.10 Å². The van der Waals surface area contributed by atoms with Gasteiger partial charge in [0.25, 0.3) is 5.91 Å². The molecule has 100 valence electrons. The van der Waals surface area contributed by atoms with Crippen molar-refractivity contribution in [2.45, 2.75) is 6.92 Å². The predicted molar refractivity (Wildman–Crippen MR) is 73.8 cm³/mol. The Kier molecular flexibility index (Phi) is 2.83. The lowest BCUT2D eigenvalue weighted by Crippen LogP contribution is -2.11. The molecule has 20 heavy (non-hydrogen) atoms. The van der Waals surface area contributed by atoms with Crippen molar-refractivity contribution in [2.75, 3.05) is 5.32 Å². The highest BCUT2D eigenvalue weighted by atomic mass is 16.3. The van der Waals surface area contributed by atoms with E-state index in [0.717, 1.165) is 5.56 Å². The van der Waals surface area contributed by atoms with Crippen LogP contribution < -0.4 is 5.32 Å². The molecule has 2 heterocycles. The fourth-order valence-electron chi connectivity index (χ4n) is 1.95. The molecule has 3 aromatic rings. The first-order valence-corrected chi connectivity index (χ1v) is 6.03. The third kappa shape index (κ3) is 2.07. The van der Waals surface area contributed by atoms with Crippen LogP contribution in [0.15, 0.2) is 43.0 Å². The van der Waals surface area contributed by atoms with Gasteiger partial charge < -0.3 is 10.4 Å². The van der Waals surface area contributed by atoms with Gasteiger partial charge in [0.05, 0.1) is 29.2 Å². The molecular weight excluding hydrogens is 256 g/mol. The van der Waals surface area contributed by atoms with Crippen LogP contribution in [0.2, 0.25) is 0 Å². The van der Waals surface area contributed by atoms with Gasteiger partial charge in [-0.25, -0.2) is 4.52 Å². The zero-order chi connectivity index (χ0) is 14.1. The number of phenols is 1. The van der Waals surface area contributed by atoms with Crippen LogP contribution in [0.25, 0.3) is 5.52 Å². The number of rotatable bonds is 2. The number of fused-ring (bicyclic) bond motifs is 1. The molecule has 6 nitrogen and oxygen atoms in total. The normalized spacial score (nSPS) is 10.7. The summed E-state index contributed by atoms with van der Waals surface area (Å²) in [5, 5.41) is 16.5. The summed E-state index contributed by atoms with van der Waals surface area (Å²) in [7, 11) is 0. The Bertz CT molecular complexity index is 795. The van der Waals surface area contributed by atoms with Crippen molar-refractivity contribution in [3.63, 3.8) is 0 Å². The Morgan fingerprint density at radius 3 is 3.00 bits per heavy atom. The molecule has 2 aromatic heterocycles. The minimum absolute atomic E-state index is 0.0351. The molecule has 0 saturated heterocycles. The van der Waals surface area contributed by atoms with Crippen LogP contribution in [-0.2, 0) is 0 Å². The van der Waals surface area contributed by atoms with Crippen LogP contribution in [0, 0.1) is 6.92 Å². The molecule has 0 aliphatic heterocycles. The highest BCUT2D eigenvalue weighted by molar-refractivity contribution is 6.09. The van der Waals surface area contributed by atoms with Crippen molar-refractivity contribution in [1.29, 1.82) is 0 Å². The van der Waals surface area contributed by atoms with E-state index >= 15 is 0 Å². The number of amides is 1. The lowest BCUT2D eigenvalue weighted by molar-refractivity contribution is 0.102. The lowest BCUT2D eigenvalue weighted by atomic mass is 10.2. The molecule has 0 atom stereocenters. The predicted octanol–water partition coefficient (Wildman–Crippen LogP) is 2.00. The van der Waals surface area contributed by atoms with Crippen molar-refractivity contribution in [2.24, 2.45) is 0 Å². The molecule has 0 bridgehead atoms. The summed E-state index contributed by atoms with van der Waals surface area (Å²) in [6.45, 7) is 1.86. The van der Waals surface area contributed by atoms with Crippen molar-refractivity contribution in [3.8, 4) is 5.75 Å². The van der Waals surface area contributed by atoms with E-state index in [9.17, 15) is 9.90 Å². The Balaban J connectivity index is 1.93. The number of carbonyl (C=O) groups is 1. The maximum absolute atomic E-state index is 12.2. The van der Waals surface area contributed by atoms with Gasteiger partial charge in [0, 0.05) is 12.4 Å². The van der Waals surface area contributed by atoms with E-state index in [0.29, 0.717) is 16.8 Å². The second-order valence-corrected chi connectivity index (χ2v) is 4.44. The fraction of sp³-hybridized carbons (Fsp3) is 0.0714. The van der Waals surface area contributed by atoms with E-state index in [1.165, 1.54) is 6.20 Å². The maximum Gasteiger partial charge on any atom is 0.259 e. The number of nitrogens with one attached hydrogen (secondary N) is 1. The summed E-state index contributed by atoms with van der Waals surface area (Å²) in [5.41, 5.74) is 2.29. The van der Waals surface area contributed by atoms with Crippen molar-refractivity contribution >= 4 is 17.1 Å². The van der Waals surface area contributed by atoms with Crippen LogP contribution in [0.4, 0.5) is 5.69 Å². The Morgan fingerprint density at radius 2 is 2.20 bits per heavy atom. The highest BCUT2D eigenvalue weighted by Gasteiger charge is 2.14. The number of nitrogens with zero attached hydrogens (tertiary/aromatic N) is 3. The van der Waals surface area contributed by atoms with E-state index in [1.807, 2.05) is 13.0 Å². The molecule has 2 N–H and O–H groups in total. The molecule has 6 heteroatoms. The number of hydrogen-bond donors (Lipinski definition) is 2. The first kappa shape index (κ1) is 12.2. The smallest absolute Gasteiger partial charge is 0.259 e. The third-order valence-corrected chi connectivity index (χ3v) is 2.97. The van der Waals surface area contributed by atoms with Crippen LogP contribution in [0.3, 0.4) is 0 Å². The van der Waals surface area contributed by atoms with Gasteiger partial charge >= 0.3 is 0 Å². The number of phenolic OH excluding ortho intramolecular Hbond substituents is 1. The average molecular weight is 268 g/mol. The molecule has 0 saturated carbocycles. The van der Waals surface area contributed by atoms with Crippen molar-refractivity contribution in [1.82, 2.24) is 14.6 Å².